The monoisotopic (exact) mass is 381 g/mol. The summed E-state index contributed by atoms with van der Waals surface area (Å²) in [4.78, 5) is 30.4. The van der Waals surface area contributed by atoms with Crippen LogP contribution in [0.3, 0.4) is 0 Å². The Morgan fingerprint density at radius 2 is 1.96 bits per heavy atom. The molecule has 4 rings (SSSR count). The fraction of sp³-hybridized carbons (Fsp3) is 0.421. The minimum atomic E-state index is -0.220. The van der Waals surface area contributed by atoms with Gasteiger partial charge in [0.1, 0.15) is 18.5 Å². The Balaban J connectivity index is 1.33. The molecule has 28 heavy (non-hydrogen) atoms. The van der Waals surface area contributed by atoms with Gasteiger partial charge in [-0.25, -0.2) is 19.4 Å². The molecule has 3 aromatic rings. The molecule has 0 atom stereocenters. The highest BCUT2D eigenvalue weighted by atomic mass is 16.2. The third-order valence-corrected chi connectivity index (χ3v) is 5.22. The van der Waals surface area contributed by atoms with E-state index in [4.69, 9.17) is 0 Å². The summed E-state index contributed by atoms with van der Waals surface area (Å²) >= 11 is 0. The van der Waals surface area contributed by atoms with Crippen molar-refractivity contribution in [3.8, 4) is 5.69 Å². The van der Waals surface area contributed by atoms with Crippen LogP contribution in [0.4, 0.5) is 0 Å². The molecule has 0 spiro atoms. The van der Waals surface area contributed by atoms with Gasteiger partial charge in [-0.2, -0.15) is 10.2 Å². The quantitative estimate of drug-likeness (QED) is 0.687. The van der Waals surface area contributed by atoms with E-state index >= 15 is 0 Å². The van der Waals surface area contributed by atoms with Crippen LogP contribution >= 0.6 is 0 Å². The van der Waals surface area contributed by atoms with E-state index in [1.54, 1.807) is 15.6 Å². The second-order valence-electron chi connectivity index (χ2n) is 7.05. The molecule has 0 bridgehead atoms. The van der Waals surface area contributed by atoms with E-state index in [2.05, 4.69) is 20.3 Å². The Morgan fingerprint density at radius 3 is 2.68 bits per heavy atom. The minimum Gasteiger partial charge on any atom is -0.343 e. The molecule has 2 aromatic heterocycles. The number of piperidine rings is 1. The van der Waals surface area contributed by atoms with Gasteiger partial charge in [-0.3, -0.25) is 9.48 Å². The second-order valence-corrected chi connectivity index (χ2v) is 7.05. The number of aryl methyl sites for hydroxylation is 1. The van der Waals surface area contributed by atoms with Gasteiger partial charge in [0.05, 0.1) is 12.2 Å². The maximum atomic E-state index is 12.4. The van der Waals surface area contributed by atoms with Crippen molar-refractivity contribution in [2.24, 2.45) is 5.92 Å². The van der Waals surface area contributed by atoms with Gasteiger partial charge in [-0.1, -0.05) is 18.2 Å². The van der Waals surface area contributed by atoms with Crippen LogP contribution in [-0.4, -0.2) is 53.4 Å². The highest BCUT2D eigenvalue weighted by Gasteiger charge is 2.24. The number of H-pyrrole nitrogens is 1. The lowest BCUT2D eigenvalue weighted by Gasteiger charge is -2.32. The van der Waals surface area contributed by atoms with E-state index in [1.807, 2.05) is 35.2 Å². The van der Waals surface area contributed by atoms with Crippen LogP contribution in [0.25, 0.3) is 5.69 Å². The second kappa shape index (κ2) is 8.20. The molecule has 9 heteroatoms. The van der Waals surface area contributed by atoms with E-state index in [0.717, 1.165) is 37.4 Å². The van der Waals surface area contributed by atoms with E-state index < -0.39 is 0 Å². The number of aromatic nitrogens is 6. The van der Waals surface area contributed by atoms with Crippen molar-refractivity contribution in [1.29, 1.82) is 0 Å². The van der Waals surface area contributed by atoms with Crippen molar-refractivity contribution in [2.45, 2.75) is 32.2 Å². The number of likely N-dealkylation sites (tertiary alicyclic amines) is 1. The maximum Gasteiger partial charge on any atom is 0.347 e. The van der Waals surface area contributed by atoms with E-state index in [1.165, 1.54) is 6.33 Å². The maximum absolute atomic E-state index is 12.4. The molecule has 1 aromatic carbocycles. The van der Waals surface area contributed by atoms with Crippen molar-refractivity contribution in [3.05, 3.63) is 59.3 Å². The summed E-state index contributed by atoms with van der Waals surface area (Å²) in [5.41, 5.74) is 0.596. The van der Waals surface area contributed by atoms with Crippen molar-refractivity contribution in [1.82, 2.24) is 34.4 Å². The topological polar surface area (TPSA) is 102 Å². The predicted molar refractivity (Wildman–Crippen MR) is 102 cm³/mol. The predicted octanol–water partition coefficient (Wildman–Crippen LogP) is 1.02. The molecule has 0 unspecified atom stereocenters. The zero-order valence-corrected chi connectivity index (χ0v) is 15.6. The van der Waals surface area contributed by atoms with E-state index in [0.29, 0.717) is 25.3 Å². The van der Waals surface area contributed by atoms with Gasteiger partial charge in [0.15, 0.2) is 0 Å². The zero-order valence-electron chi connectivity index (χ0n) is 15.6. The Kier molecular flexibility index (Phi) is 5.31. The van der Waals surface area contributed by atoms with Crippen molar-refractivity contribution < 1.29 is 4.79 Å². The number of carbonyl (C=O) groups is 1. The molecule has 1 aliphatic heterocycles. The van der Waals surface area contributed by atoms with E-state index in [-0.39, 0.29) is 11.6 Å². The van der Waals surface area contributed by atoms with Gasteiger partial charge < -0.3 is 4.90 Å². The first-order valence-electron chi connectivity index (χ1n) is 9.52. The number of benzene rings is 1. The molecule has 1 aliphatic rings. The van der Waals surface area contributed by atoms with Gasteiger partial charge in [0.25, 0.3) is 0 Å². The average molecular weight is 381 g/mol. The number of para-hydroxylation sites is 1. The molecule has 9 nitrogen and oxygen atoms in total. The molecular formula is C19H23N7O2. The number of rotatable bonds is 6. The smallest absolute Gasteiger partial charge is 0.343 e. The summed E-state index contributed by atoms with van der Waals surface area (Å²) < 4.78 is 3.31. The van der Waals surface area contributed by atoms with Crippen LogP contribution in [-0.2, 0) is 17.8 Å². The Labute approximate surface area is 162 Å². The Hall–Kier alpha value is -3.23. The number of nitrogens with one attached hydrogen (secondary N) is 1. The lowest BCUT2D eigenvalue weighted by molar-refractivity contribution is -0.132. The van der Waals surface area contributed by atoms with E-state index in [9.17, 15) is 9.59 Å². The van der Waals surface area contributed by atoms with Crippen LogP contribution in [0.1, 0.15) is 25.1 Å². The molecule has 1 amide bonds. The number of hydrogen-bond acceptors (Lipinski definition) is 5. The summed E-state index contributed by atoms with van der Waals surface area (Å²) in [5.74, 6) is 1.29. The van der Waals surface area contributed by atoms with Gasteiger partial charge in [-0.05, 0) is 30.9 Å². The van der Waals surface area contributed by atoms with Crippen LogP contribution in [0, 0.1) is 5.92 Å². The van der Waals surface area contributed by atoms with Gasteiger partial charge >= 0.3 is 5.69 Å². The lowest BCUT2D eigenvalue weighted by Crippen LogP contribution is -2.39. The first-order chi connectivity index (χ1) is 13.7. The van der Waals surface area contributed by atoms with Crippen LogP contribution in [0.5, 0.6) is 0 Å². The fourth-order valence-electron chi connectivity index (χ4n) is 3.67. The molecular weight excluding hydrogens is 358 g/mol. The Bertz CT molecular complexity index is 954. The largest absolute Gasteiger partial charge is 0.347 e. The highest BCUT2D eigenvalue weighted by molar-refractivity contribution is 5.76. The SMILES string of the molecule is O=C(CCn1cncn1)N1CCC(Cc2n[nH]c(=O)n2-c2ccccc2)CC1. The van der Waals surface area contributed by atoms with Crippen LogP contribution < -0.4 is 5.69 Å². The first-order valence-corrected chi connectivity index (χ1v) is 9.52. The summed E-state index contributed by atoms with van der Waals surface area (Å²) in [6, 6.07) is 9.53. The summed E-state index contributed by atoms with van der Waals surface area (Å²) in [7, 11) is 0. The summed E-state index contributed by atoms with van der Waals surface area (Å²) in [6.07, 6.45) is 6.06. The standard InChI is InChI=1S/C19H23N7O2/c27-18(8-11-25-14-20-13-21-25)24-9-6-15(7-10-24)12-17-22-23-19(28)26(17)16-4-2-1-3-5-16/h1-5,13-15H,6-12H2,(H,23,28). The van der Waals surface area contributed by atoms with Crippen LogP contribution in [0.2, 0.25) is 0 Å². The Morgan fingerprint density at radius 1 is 1.18 bits per heavy atom. The first kappa shape index (κ1) is 18.1. The number of hydrogen-bond donors (Lipinski definition) is 1. The lowest BCUT2D eigenvalue weighted by atomic mass is 9.93. The zero-order chi connectivity index (χ0) is 19.3. The summed E-state index contributed by atoms with van der Waals surface area (Å²) in [6.45, 7) is 2.02. The summed E-state index contributed by atoms with van der Waals surface area (Å²) in [5, 5.41) is 10.8. The van der Waals surface area contributed by atoms with Crippen molar-refractivity contribution >= 4 is 5.91 Å². The van der Waals surface area contributed by atoms with Crippen molar-refractivity contribution in [3.63, 3.8) is 0 Å². The fourth-order valence-corrected chi connectivity index (χ4v) is 3.67. The van der Waals surface area contributed by atoms with Crippen LogP contribution in [0.15, 0.2) is 47.8 Å². The van der Waals surface area contributed by atoms with Gasteiger partial charge in [0.2, 0.25) is 5.91 Å². The normalized spacial score (nSPS) is 15.1. The van der Waals surface area contributed by atoms with Crippen molar-refractivity contribution in [2.75, 3.05) is 13.1 Å². The molecule has 3 heterocycles. The molecule has 146 valence electrons. The third-order valence-electron chi connectivity index (χ3n) is 5.22. The minimum absolute atomic E-state index is 0.148. The molecule has 0 saturated carbocycles. The molecule has 1 N–H and O–H groups in total. The van der Waals surface area contributed by atoms with Gasteiger partial charge in [-0.15, -0.1) is 0 Å². The number of aromatic amines is 1. The number of nitrogens with zero attached hydrogens (tertiary/aromatic N) is 6. The number of carbonyl (C=O) groups excluding carboxylic acids is 1. The molecule has 1 fully saturated rings. The third kappa shape index (κ3) is 4.03. The van der Waals surface area contributed by atoms with Gasteiger partial charge in [0, 0.05) is 25.9 Å². The average Bonchev–Trinajstić information content (AvgIpc) is 3.37. The number of amides is 1. The molecule has 1 saturated heterocycles. The molecule has 0 aliphatic carbocycles. The molecule has 0 radical (unpaired) electrons. The highest BCUT2D eigenvalue weighted by Crippen LogP contribution is 2.22.